The lowest BCUT2D eigenvalue weighted by atomic mass is 10.1. The molecule has 2 aromatic rings. The third-order valence-corrected chi connectivity index (χ3v) is 2.21. The molecule has 0 saturated carbocycles. The minimum atomic E-state index is 0.249. The number of phenols is 1. The van der Waals surface area contributed by atoms with Crippen molar-refractivity contribution in [2.45, 2.75) is 6.61 Å². The molecule has 0 amide bonds. The van der Waals surface area contributed by atoms with Crippen LogP contribution in [0.4, 0.5) is 0 Å². The van der Waals surface area contributed by atoms with Gasteiger partial charge < -0.3 is 9.84 Å². The Hall–Kier alpha value is -2.03. The smallest absolute Gasteiger partial charge is 0.293 e. The van der Waals surface area contributed by atoms with Gasteiger partial charge in [-0.15, -0.1) is 0 Å². The van der Waals surface area contributed by atoms with E-state index in [2.05, 4.69) is 4.74 Å². The van der Waals surface area contributed by atoms with E-state index in [9.17, 15) is 9.90 Å². The maximum absolute atomic E-state index is 10.0. The van der Waals surface area contributed by atoms with E-state index in [1.165, 1.54) is 0 Å². The summed E-state index contributed by atoms with van der Waals surface area (Å²) in [7, 11) is 0. The fourth-order valence-corrected chi connectivity index (χ4v) is 1.50. The van der Waals surface area contributed by atoms with Crippen LogP contribution >= 0.6 is 0 Å². The van der Waals surface area contributed by atoms with Gasteiger partial charge in [0.25, 0.3) is 6.47 Å². The predicted molar refractivity (Wildman–Crippen MR) is 56.5 cm³/mol. The van der Waals surface area contributed by atoms with Crippen LogP contribution in [0.15, 0.2) is 36.4 Å². The van der Waals surface area contributed by atoms with Gasteiger partial charge in [-0.2, -0.15) is 0 Å². The predicted octanol–water partition coefficient (Wildman–Crippen LogP) is 2.22. The first-order valence-electron chi connectivity index (χ1n) is 4.56. The third kappa shape index (κ3) is 2.07. The molecule has 0 radical (unpaired) electrons. The molecule has 3 heteroatoms. The van der Waals surface area contributed by atoms with Crippen molar-refractivity contribution in [1.29, 1.82) is 0 Å². The number of carbonyl (C=O) groups excluding carboxylic acids is 1. The number of fused-ring (bicyclic) bond motifs is 1. The highest BCUT2D eigenvalue weighted by Crippen LogP contribution is 2.21. The van der Waals surface area contributed by atoms with Crippen molar-refractivity contribution in [3.8, 4) is 5.75 Å². The number of benzene rings is 2. The third-order valence-electron chi connectivity index (χ3n) is 2.21. The first kappa shape index (κ1) is 9.52. The Morgan fingerprint density at radius 1 is 1.13 bits per heavy atom. The highest BCUT2D eigenvalue weighted by atomic mass is 16.5. The van der Waals surface area contributed by atoms with E-state index in [4.69, 9.17) is 0 Å². The molecule has 0 saturated heterocycles. The summed E-state index contributed by atoms with van der Waals surface area (Å²) >= 11 is 0. The van der Waals surface area contributed by atoms with Crippen LogP contribution in [-0.2, 0) is 16.1 Å². The Morgan fingerprint density at radius 2 is 1.87 bits per heavy atom. The maximum Gasteiger partial charge on any atom is 0.293 e. The Balaban J connectivity index is 2.38. The van der Waals surface area contributed by atoms with Gasteiger partial charge in [0.15, 0.2) is 0 Å². The lowest BCUT2D eigenvalue weighted by molar-refractivity contribution is -0.129. The lowest BCUT2D eigenvalue weighted by Crippen LogP contribution is -1.89. The van der Waals surface area contributed by atoms with Gasteiger partial charge in [-0.3, -0.25) is 4.79 Å². The summed E-state index contributed by atoms with van der Waals surface area (Å²) in [4.78, 5) is 10.0. The van der Waals surface area contributed by atoms with E-state index < -0.39 is 0 Å². The molecule has 0 aliphatic heterocycles. The molecule has 0 aromatic heterocycles. The van der Waals surface area contributed by atoms with Gasteiger partial charge in [0.2, 0.25) is 0 Å². The molecule has 0 spiro atoms. The molecule has 2 aromatic carbocycles. The zero-order chi connectivity index (χ0) is 10.7. The summed E-state index contributed by atoms with van der Waals surface area (Å²) in [6, 6.07) is 10.8. The monoisotopic (exact) mass is 202 g/mol. The molecule has 76 valence electrons. The van der Waals surface area contributed by atoms with Gasteiger partial charge in [0, 0.05) is 0 Å². The lowest BCUT2D eigenvalue weighted by Gasteiger charge is -2.02. The Labute approximate surface area is 86.9 Å². The quantitative estimate of drug-likeness (QED) is 0.776. The number of phenolic OH excluding ortho intramolecular Hbond substituents is 1. The number of hydrogen-bond donors (Lipinski definition) is 1. The summed E-state index contributed by atoms with van der Waals surface area (Å²) < 4.78 is 4.66. The van der Waals surface area contributed by atoms with Crippen molar-refractivity contribution < 1.29 is 14.6 Å². The second-order valence-corrected chi connectivity index (χ2v) is 3.27. The van der Waals surface area contributed by atoms with Gasteiger partial charge in [-0.1, -0.05) is 18.2 Å². The van der Waals surface area contributed by atoms with Gasteiger partial charge >= 0.3 is 0 Å². The maximum atomic E-state index is 10.0. The molecule has 0 heterocycles. The zero-order valence-corrected chi connectivity index (χ0v) is 8.01. The van der Waals surface area contributed by atoms with Crippen molar-refractivity contribution in [1.82, 2.24) is 0 Å². The molecule has 0 aliphatic carbocycles. The van der Waals surface area contributed by atoms with E-state index in [-0.39, 0.29) is 12.4 Å². The molecule has 0 bridgehead atoms. The van der Waals surface area contributed by atoms with E-state index in [1.807, 2.05) is 24.3 Å². The number of ether oxygens (including phenoxy) is 1. The van der Waals surface area contributed by atoms with Crippen LogP contribution in [-0.4, -0.2) is 11.6 Å². The summed E-state index contributed by atoms with van der Waals surface area (Å²) in [6.45, 7) is 0.710. The molecule has 0 fully saturated rings. The average molecular weight is 202 g/mol. The second-order valence-electron chi connectivity index (χ2n) is 3.27. The van der Waals surface area contributed by atoms with Crippen LogP contribution in [0, 0.1) is 0 Å². The largest absolute Gasteiger partial charge is 0.508 e. The van der Waals surface area contributed by atoms with Crippen LogP contribution in [0.3, 0.4) is 0 Å². The minimum Gasteiger partial charge on any atom is -0.508 e. The Kier molecular flexibility index (Phi) is 2.54. The summed E-state index contributed by atoms with van der Waals surface area (Å²) in [5.41, 5.74) is 0.931. The van der Waals surface area contributed by atoms with Crippen molar-refractivity contribution in [3.05, 3.63) is 42.0 Å². The molecule has 0 atom stereocenters. The van der Waals surface area contributed by atoms with Crippen molar-refractivity contribution in [3.63, 3.8) is 0 Å². The van der Waals surface area contributed by atoms with Gasteiger partial charge in [0.1, 0.15) is 12.4 Å². The SMILES string of the molecule is O=COCc1ccc2cc(O)ccc2c1. The average Bonchev–Trinajstić information content (AvgIpc) is 2.26. The van der Waals surface area contributed by atoms with Gasteiger partial charge in [-0.25, -0.2) is 0 Å². The first-order chi connectivity index (χ1) is 7.29. The number of hydrogen-bond acceptors (Lipinski definition) is 3. The summed E-state index contributed by atoms with van der Waals surface area (Å²) in [5, 5.41) is 11.2. The van der Waals surface area contributed by atoms with Crippen LogP contribution in [0.1, 0.15) is 5.56 Å². The number of aromatic hydroxyl groups is 1. The fourth-order valence-electron chi connectivity index (χ4n) is 1.50. The Morgan fingerprint density at radius 3 is 2.67 bits per heavy atom. The number of rotatable bonds is 3. The van der Waals surface area contributed by atoms with Gasteiger partial charge in [0.05, 0.1) is 0 Å². The van der Waals surface area contributed by atoms with Crippen molar-refractivity contribution in [2.75, 3.05) is 0 Å². The number of carbonyl (C=O) groups is 1. The highest BCUT2D eigenvalue weighted by Gasteiger charge is 1.98. The molecular weight excluding hydrogens is 192 g/mol. The molecule has 2 rings (SSSR count). The van der Waals surface area contributed by atoms with Crippen LogP contribution < -0.4 is 0 Å². The zero-order valence-electron chi connectivity index (χ0n) is 8.01. The molecular formula is C12H10O3. The molecule has 0 unspecified atom stereocenters. The molecule has 15 heavy (non-hydrogen) atoms. The van der Waals surface area contributed by atoms with E-state index >= 15 is 0 Å². The van der Waals surface area contributed by atoms with Crippen LogP contribution in [0.5, 0.6) is 5.75 Å². The standard InChI is InChI=1S/C12H10O3/c13-8-15-7-9-1-2-11-6-12(14)4-3-10(11)5-9/h1-6,8,14H,7H2. The Bertz CT molecular complexity index is 491. The van der Waals surface area contributed by atoms with E-state index in [0.29, 0.717) is 6.47 Å². The molecule has 1 N–H and O–H groups in total. The van der Waals surface area contributed by atoms with Crippen molar-refractivity contribution in [2.24, 2.45) is 0 Å². The fraction of sp³-hybridized carbons (Fsp3) is 0.0833. The topological polar surface area (TPSA) is 46.5 Å². The highest BCUT2D eigenvalue weighted by molar-refractivity contribution is 5.84. The summed E-state index contributed by atoms with van der Waals surface area (Å²) in [5.74, 6) is 0.249. The van der Waals surface area contributed by atoms with E-state index in [0.717, 1.165) is 16.3 Å². The minimum absolute atomic E-state index is 0.249. The molecule has 0 aliphatic rings. The van der Waals surface area contributed by atoms with E-state index in [1.54, 1.807) is 12.1 Å². The van der Waals surface area contributed by atoms with Crippen LogP contribution in [0.25, 0.3) is 10.8 Å². The van der Waals surface area contributed by atoms with Crippen molar-refractivity contribution >= 4 is 17.2 Å². The first-order valence-corrected chi connectivity index (χ1v) is 4.56. The van der Waals surface area contributed by atoms with Gasteiger partial charge in [-0.05, 0) is 34.5 Å². The van der Waals surface area contributed by atoms with Crippen LogP contribution in [0.2, 0.25) is 0 Å². The molecule has 3 nitrogen and oxygen atoms in total. The second kappa shape index (κ2) is 4.00. The summed E-state index contributed by atoms with van der Waals surface area (Å²) in [6.07, 6.45) is 0. The normalized spacial score (nSPS) is 10.1.